The molecule has 0 radical (unpaired) electrons. The average Bonchev–Trinajstić information content (AvgIpc) is 2.96. The summed E-state index contributed by atoms with van der Waals surface area (Å²) in [4.78, 5) is 16.5. The second-order valence-corrected chi connectivity index (χ2v) is 6.24. The first kappa shape index (κ1) is 17.0. The zero-order valence-corrected chi connectivity index (χ0v) is 14.8. The van der Waals surface area contributed by atoms with Gasteiger partial charge in [0.15, 0.2) is 5.16 Å². The first-order valence-electron chi connectivity index (χ1n) is 7.67. The van der Waals surface area contributed by atoms with Crippen LogP contribution in [0, 0.1) is 0 Å². The lowest BCUT2D eigenvalue weighted by Crippen LogP contribution is -2.19. The molecule has 0 bridgehead atoms. The number of hydrogen-bond donors (Lipinski definition) is 1. The third-order valence-electron chi connectivity index (χ3n) is 3.58. The zero-order valence-electron chi connectivity index (χ0n) is 14.0. The van der Waals surface area contributed by atoms with Crippen molar-refractivity contribution in [3.63, 3.8) is 0 Å². The van der Waals surface area contributed by atoms with Gasteiger partial charge in [-0.2, -0.15) is 5.10 Å². The van der Waals surface area contributed by atoms with E-state index in [-0.39, 0.29) is 11.7 Å². The van der Waals surface area contributed by atoms with Crippen molar-refractivity contribution in [1.82, 2.24) is 15.0 Å². The predicted octanol–water partition coefficient (Wildman–Crippen LogP) is 2.82. The Labute approximate surface area is 149 Å². The molecule has 0 saturated carbocycles. The van der Waals surface area contributed by atoms with Gasteiger partial charge in [0.1, 0.15) is 5.75 Å². The third-order valence-corrected chi connectivity index (χ3v) is 4.61. The van der Waals surface area contributed by atoms with E-state index in [1.54, 1.807) is 13.3 Å². The highest BCUT2D eigenvalue weighted by molar-refractivity contribution is 7.99. The quantitative estimate of drug-likeness (QED) is 0.420. The van der Waals surface area contributed by atoms with Crippen molar-refractivity contribution in [3.05, 3.63) is 54.1 Å². The number of hydrogen-bond acceptors (Lipinski definition) is 5. The molecule has 128 valence electrons. The van der Waals surface area contributed by atoms with Gasteiger partial charge in [0, 0.05) is 7.05 Å². The monoisotopic (exact) mass is 354 g/mol. The number of aryl methyl sites for hydroxylation is 1. The lowest BCUT2D eigenvalue weighted by molar-refractivity contribution is -0.118. The van der Waals surface area contributed by atoms with Crippen LogP contribution in [-0.2, 0) is 11.8 Å². The summed E-state index contributed by atoms with van der Waals surface area (Å²) in [6.45, 7) is 0. The second kappa shape index (κ2) is 7.85. The minimum absolute atomic E-state index is 0.184. The van der Waals surface area contributed by atoms with Crippen LogP contribution in [0.5, 0.6) is 5.75 Å². The van der Waals surface area contributed by atoms with Gasteiger partial charge in [-0.25, -0.2) is 10.4 Å². The van der Waals surface area contributed by atoms with Crippen LogP contribution < -0.4 is 10.2 Å². The van der Waals surface area contributed by atoms with Gasteiger partial charge in [-0.1, -0.05) is 36.0 Å². The van der Waals surface area contributed by atoms with E-state index in [4.69, 9.17) is 4.74 Å². The third kappa shape index (κ3) is 4.19. The number of para-hydroxylation sites is 2. The molecule has 0 fully saturated rings. The predicted molar refractivity (Wildman–Crippen MR) is 100 cm³/mol. The van der Waals surface area contributed by atoms with E-state index < -0.39 is 0 Å². The molecule has 0 saturated heterocycles. The van der Waals surface area contributed by atoms with Crippen molar-refractivity contribution in [2.45, 2.75) is 5.16 Å². The summed E-state index contributed by atoms with van der Waals surface area (Å²) in [5.41, 5.74) is 5.34. The lowest BCUT2D eigenvalue weighted by Gasteiger charge is -2.02. The summed E-state index contributed by atoms with van der Waals surface area (Å²) in [5.74, 6) is 0.802. The minimum Gasteiger partial charge on any atom is -0.497 e. The molecule has 0 aliphatic heterocycles. The Morgan fingerprint density at radius 3 is 2.96 bits per heavy atom. The van der Waals surface area contributed by atoms with Crippen LogP contribution in [0.4, 0.5) is 0 Å². The Morgan fingerprint density at radius 2 is 2.16 bits per heavy atom. The molecule has 25 heavy (non-hydrogen) atoms. The molecule has 1 N–H and O–H groups in total. The summed E-state index contributed by atoms with van der Waals surface area (Å²) in [7, 11) is 3.55. The molecule has 0 spiro atoms. The SMILES string of the molecule is COc1cccc(/C=N/NC(=O)CSc2nc3ccccc3n2C)c1. The molecule has 7 heteroatoms. The maximum absolute atomic E-state index is 11.9. The highest BCUT2D eigenvalue weighted by atomic mass is 32.2. The Balaban J connectivity index is 1.55. The topological polar surface area (TPSA) is 68.5 Å². The molecular formula is C18H18N4O2S. The van der Waals surface area contributed by atoms with Gasteiger partial charge in [0.25, 0.3) is 5.91 Å². The van der Waals surface area contributed by atoms with Crippen LogP contribution in [0.1, 0.15) is 5.56 Å². The van der Waals surface area contributed by atoms with Crippen molar-refractivity contribution in [3.8, 4) is 5.75 Å². The second-order valence-electron chi connectivity index (χ2n) is 5.30. The Morgan fingerprint density at radius 1 is 1.32 bits per heavy atom. The van der Waals surface area contributed by atoms with Crippen LogP contribution in [0.25, 0.3) is 11.0 Å². The van der Waals surface area contributed by atoms with E-state index in [1.165, 1.54) is 11.8 Å². The molecule has 3 aromatic rings. The maximum atomic E-state index is 11.9. The van der Waals surface area contributed by atoms with E-state index in [2.05, 4.69) is 15.5 Å². The van der Waals surface area contributed by atoms with Crippen LogP contribution in [0.15, 0.2) is 58.8 Å². The van der Waals surface area contributed by atoms with Crippen molar-refractivity contribution in [2.24, 2.45) is 12.1 Å². The van der Waals surface area contributed by atoms with Crippen LogP contribution in [-0.4, -0.2) is 34.5 Å². The molecule has 0 atom stereocenters. The molecule has 0 unspecified atom stereocenters. The Hall–Kier alpha value is -2.80. The minimum atomic E-state index is -0.184. The number of ether oxygens (including phenoxy) is 1. The fraction of sp³-hybridized carbons (Fsp3) is 0.167. The highest BCUT2D eigenvalue weighted by Gasteiger charge is 2.09. The summed E-state index contributed by atoms with van der Waals surface area (Å²) in [6.07, 6.45) is 1.58. The van der Waals surface area contributed by atoms with E-state index in [0.29, 0.717) is 0 Å². The van der Waals surface area contributed by atoms with Crippen molar-refractivity contribution >= 4 is 34.9 Å². The number of methoxy groups -OCH3 is 1. The molecule has 1 heterocycles. The Kier molecular flexibility index (Phi) is 5.35. The van der Waals surface area contributed by atoms with Gasteiger partial charge in [0.05, 0.1) is 30.1 Å². The lowest BCUT2D eigenvalue weighted by atomic mass is 10.2. The summed E-state index contributed by atoms with van der Waals surface area (Å²) < 4.78 is 7.12. The fourth-order valence-electron chi connectivity index (χ4n) is 2.32. The van der Waals surface area contributed by atoms with Gasteiger partial charge < -0.3 is 9.30 Å². The van der Waals surface area contributed by atoms with Gasteiger partial charge in [0.2, 0.25) is 0 Å². The standard InChI is InChI=1S/C18H18N4O2S/c1-22-16-9-4-3-8-15(16)20-18(22)25-12-17(23)21-19-11-13-6-5-7-14(10-13)24-2/h3-11H,12H2,1-2H3,(H,21,23)/b19-11+. The first-order chi connectivity index (χ1) is 12.2. The average molecular weight is 354 g/mol. The number of benzene rings is 2. The number of thioether (sulfide) groups is 1. The number of imidazole rings is 1. The van der Waals surface area contributed by atoms with Crippen LogP contribution >= 0.6 is 11.8 Å². The number of amides is 1. The summed E-state index contributed by atoms with van der Waals surface area (Å²) in [6, 6.07) is 15.3. The van der Waals surface area contributed by atoms with E-state index in [9.17, 15) is 4.79 Å². The van der Waals surface area contributed by atoms with Gasteiger partial charge in [-0.15, -0.1) is 0 Å². The van der Waals surface area contributed by atoms with E-state index in [1.807, 2.05) is 60.1 Å². The van der Waals surface area contributed by atoms with Gasteiger partial charge in [-0.3, -0.25) is 4.79 Å². The number of nitrogens with one attached hydrogen (secondary N) is 1. The van der Waals surface area contributed by atoms with Crippen molar-refractivity contribution in [1.29, 1.82) is 0 Å². The van der Waals surface area contributed by atoms with Crippen LogP contribution in [0.3, 0.4) is 0 Å². The molecule has 0 aliphatic rings. The summed E-state index contributed by atoms with van der Waals surface area (Å²) >= 11 is 1.38. The van der Waals surface area contributed by atoms with E-state index >= 15 is 0 Å². The smallest absolute Gasteiger partial charge is 0.250 e. The van der Waals surface area contributed by atoms with Gasteiger partial charge >= 0.3 is 0 Å². The maximum Gasteiger partial charge on any atom is 0.250 e. The van der Waals surface area contributed by atoms with Crippen molar-refractivity contribution < 1.29 is 9.53 Å². The molecule has 1 amide bonds. The number of aromatic nitrogens is 2. The highest BCUT2D eigenvalue weighted by Crippen LogP contribution is 2.22. The molecule has 0 aliphatic carbocycles. The molecule has 2 aromatic carbocycles. The number of hydrazone groups is 1. The number of nitrogens with zero attached hydrogens (tertiary/aromatic N) is 3. The number of fused-ring (bicyclic) bond motifs is 1. The van der Waals surface area contributed by atoms with Crippen LogP contribution in [0.2, 0.25) is 0 Å². The Bertz CT molecular complexity index is 920. The normalized spacial score (nSPS) is 11.1. The van der Waals surface area contributed by atoms with Gasteiger partial charge in [-0.05, 0) is 29.8 Å². The van der Waals surface area contributed by atoms with E-state index in [0.717, 1.165) is 27.5 Å². The molecular weight excluding hydrogens is 336 g/mol. The molecule has 3 rings (SSSR count). The number of carbonyl (C=O) groups excluding carboxylic acids is 1. The fourth-order valence-corrected chi connectivity index (χ4v) is 3.10. The first-order valence-corrected chi connectivity index (χ1v) is 8.66. The summed E-state index contributed by atoms with van der Waals surface area (Å²) in [5, 5.41) is 4.77. The number of rotatable bonds is 6. The largest absolute Gasteiger partial charge is 0.497 e. The molecule has 1 aromatic heterocycles. The zero-order chi connectivity index (χ0) is 17.6. The number of carbonyl (C=O) groups is 1. The van der Waals surface area contributed by atoms with Crippen molar-refractivity contribution in [2.75, 3.05) is 12.9 Å². The molecule has 6 nitrogen and oxygen atoms in total.